The average Bonchev–Trinajstić information content (AvgIpc) is 2.73. The van der Waals surface area contributed by atoms with Gasteiger partial charge in [-0.25, -0.2) is 13.1 Å². The number of halogens is 1. The lowest BCUT2D eigenvalue weighted by molar-refractivity contribution is 0.356. The van der Waals surface area contributed by atoms with Gasteiger partial charge in [-0.2, -0.15) is 9.98 Å². The third kappa shape index (κ3) is 3.62. The molecular weight excluding hydrogens is 358 g/mol. The van der Waals surface area contributed by atoms with Gasteiger partial charge in [0.15, 0.2) is 4.60 Å². The monoisotopic (exact) mass is 375 g/mol. The van der Waals surface area contributed by atoms with Crippen LogP contribution >= 0.6 is 15.9 Å². The molecule has 1 saturated carbocycles. The number of hydrogen-bond acceptors (Lipinski definition) is 5. The number of nitrogens with one attached hydrogen (secondary N) is 1. The van der Waals surface area contributed by atoms with Gasteiger partial charge in [0, 0.05) is 7.05 Å². The van der Waals surface area contributed by atoms with Gasteiger partial charge in [-0.1, -0.05) is 37.3 Å². The van der Waals surface area contributed by atoms with Crippen LogP contribution in [0, 0.1) is 11.3 Å². The van der Waals surface area contributed by atoms with E-state index in [1.165, 1.54) is 11.7 Å². The van der Waals surface area contributed by atoms with Gasteiger partial charge in [-0.3, -0.25) is 0 Å². The maximum Gasteiger partial charge on any atom is 0.261 e. The number of nitriles is 1. The van der Waals surface area contributed by atoms with E-state index in [-0.39, 0.29) is 9.63 Å². The van der Waals surface area contributed by atoms with Crippen LogP contribution in [-0.4, -0.2) is 29.0 Å². The minimum atomic E-state index is -3.86. The number of nitrogens with zero attached hydrogens (tertiary/aromatic N) is 4. The van der Waals surface area contributed by atoms with E-state index < -0.39 is 15.6 Å². The third-order valence-electron chi connectivity index (χ3n) is 3.74. The van der Waals surface area contributed by atoms with E-state index in [9.17, 15) is 13.7 Å². The second-order valence-electron chi connectivity index (χ2n) is 5.38. The largest absolute Gasteiger partial charge is 0.261 e. The Kier molecular flexibility index (Phi) is 5.01. The van der Waals surface area contributed by atoms with Crippen LogP contribution in [0.1, 0.15) is 44.9 Å². The highest BCUT2D eigenvalue weighted by Crippen LogP contribution is 2.28. The molecule has 1 aliphatic rings. The number of aryl methyl sites for hydroxylation is 1. The first-order valence-corrected chi connectivity index (χ1v) is 9.18. The Balaban J connectivity index is 2.30. The summed E-state index contributed by atoms with van der Waals surface area (Å²) in [5.41, 5.74) is -1.04. The van der Waals surface area contributed by atoms with E-state index in [2.05, 4.69) is 37.0 Å². The van der Waals surface area contributed by atoms with Crippen molar-refractivity contribution in [3.8, 4) is 6.07 Å². The van der Waals surface area contributed by atoms with Gasteiger partial charge in [0.1, 0.15) is 5.54 Å². The summed E-state index contributed by atoms with van der Waals surface area (Å²) in [6.45, 7) is 0. The van der Waals surface area contributed by atoms with Crippen molar-refractivity contribution in [3.05, 3.63) is 4.60 Å². The Morgan fingerprint density at radius 2 is 1.86 bits per heavy atom. The van der Waals surface area contributed by atoms with Crippen LogP contribution in [0.25, 0.3) is 0 Å². The van der Waals surface area contributed by atoms with Crippen molar-refractivity contribution < 1.29 is 8.42 Å². The van der Waals surface area contributed by atoms with E-state index in [1.807, 2.05) is 0 Å². The topological polar surface area (TPSA) is 101 Å². The Morgan fingerprint density at radius 3 is 2.33 bits per heavy atom. The molecule has 0 radical (unpaired) electrons. The number of sulfonamides is 1. The van der Waals surface area contributed by atoms with Gasteiger partial charge in [0.2, 0.25) is 5.03 Å². The summed E-state index contributed by atoms with van der Waals surface area (Å²) in [6, 6.07) is 2.19. The number of hydrogen-bond donors (Lipinski definition) is 1. The Morgan fingerprint density at radius 1 is 1.29 bits per heavy atom. The molecular formula is C12H18BrN5O2S. The summed E-state index contributed by atoms with van der Waals surface area (Å²) >= 11 is 3.09. The van der Waals surface area contributed by atoms with Gasteiger partial charge in [-0.15, -0.1) is 5.10 Å². The summed E-state index contributed by atoms with van der Waals surface area (Å²) in [7, 11) is -2.35. The van der Waals surface area contributed by atoms with Crippen molar-refractivity contribution in [1.29, 1.82) is 5.26 Å². The van der Waals surface area contributed by atoms with Gasteiger partial charge in [0.05, 0.1) is 6.07 Å². The maximum atomic E-state index is 12.6. The first-order chi connectivity index (χ1) is 9.90. The molecule has 0 aromatic carbocycles. The molecule has 0 unspecified atom stereocenters. The molecule has 1 fully saturated rings. The predicted octanol–water partition coefficient (Wildman–Crippen LogP) is 1.86. The fraction of sp³-hybridized carbons (Fsp3) is 0.750. The molecule has 7 nitrogen and oxygen atoms in total. The molecule has 0 saturated heterocycles. The van der Waals surface area contributed by atoms with E-state index >= 15 is 0 Å². The second kappa shape index (κ2) is 6.42. The molecule has 1 aliphatic carbocycles. The Labute approximate surface area is 132 Å². The van der Waals surface area contributed by atoms with Crippen LogP contribution in [0.5, 0.6) is 0 Å². The zero-order valence-electron chi connectivity index (χ0n) is 11.8. The van der Waals surface area contributed by atoms with Crippen LogP contribution in [-0.2, 0) is 17.1 Å². The molecule has 0 amide bonds. The molecule has 0 spiro atoms. The highest BCUT2D eigenvalue weighted by molar-refractivity contribution is 9.10. The van der Waals surface area contributed by atoms with Crippen molar-refractivity contribution in [2.75, 3.05) is 0 Å². The molecule has 1 aromatic heterocycles. The predicted molar refractivity (Wildman–Crippen MR) is 79.7 cm³/mol. The summed E-state index contributed by atoms with van der Waals surface area (Å²) in [5.74, 6) is 0. The van der Waals surface area contributed by atoms with E-state index in [0.29, 0.717) is 12.8 Å². The molecule has 1 aromatic rings. The average molecular weight is 376 g/mol. The first kappa shape index (κ1) is 16.4. The highest BCUT2D eigenvalue weighted by Gasteiger charge is 2.37. The number of aromatic nitrogens is 3. The molecule has 1 N–H and O–H groups in total. The quantitative estimate of drug-likeness (QED) is 0.868. The summed E-state index contributed by atoms with van der Waals surface area (Å²) in [5, 5.41) is 16.8. The van der Waals surface area contributed by atoms with Crippen molar-refractivity contribution in [3.63, 3.8) is 0 Å². The molecule has 0 atom stereocenters. The van der Waals surface area contributed by atoms with E-state index in [0.717, 1.165) is 32.1 Å². The van der Waals surface area contributed by atoms with Crippen molar-refractivity contribution in [2.45, 2.75) is 55.5 Å². The lowest BCUT2D eigenvalue weighted by atomic mass is 9.86. The maximum absolute atomic E-state index is 12.6. The molecule has 116 valence electrons. The molecule has 0 aliphatic heterocycles. The Bertz CT molecular complexity index is 622. The lowest BCUT2D eigenvalue weighted by Crippen LogP contribution is -2.48. The molecule has 0 bridgehead atoms. The summed E-state index contributed by atoms with van der Waals surface area (Å²) in [6.07, 6.45) is 5.97. The fourth-order valence-corrected chi connectivity index (χ4v) is 5.13. The SMILES string of the molecule is Cn1nnc(Br)c1S(=O)(=O)NC1(C#N)CCCCCCC1. The van der Waals surface area contributed by atoms with Crippen molar-refractivity contribution in [1.82, 2.24) is 19.7 Å². The number of rotatable bonds is 3. The smallest absolute Gasteiger partial charge is 0.235 e. The molecule has 9 heteroatoms. The van der Waals surface area contributed by atoms with Gasteiger partial charge < -0.3 is 0 Å². The van der Waals surface area contributed by atoms with Crippen LogP contribution in [0.4, 0.5) is 0 Å². The second-order valence-corrected chi connectivity index (χ2v) is 7.73. The van der Waals surface area contributed by atoms with Crippen LogP contribution < -0.4 is 4.72 Å². The van der Waals surface area contributed by atoms with Gasteiger partial charge in [0.25, 0.3) is 10.0 Å². The van der Waals surface area contributed by atoms with Gasteiger partial charge in [-0.05, 0) is 28.8 Å². The fourth-order valence-electron chi connectivity index (χ4n) is 2.66. The Hall–Kier alpha value is -0.980. The molecule has 21 heavy (non-hydrogen) atoms. The first-order valence-electron chi connectivity index (χ1n) is 6.91. The van der Waals surface area contributed by atoms with Crippen LogP contribution in [0.3, 0.4) is 0 Å². The van der Waals surface area contributed by atoms with E-state index in [4.69, 9.17) is 0 Å². The van der Waals surface area contributed by atoms with Crippen LogP contribution in [0.2, 0.25) is 0 Å². The van der Waals surface area contributed by atoms with Gasteiger partial charge >= 0.3 is 0 Å². The summed E-state index contributed by atoms with van der Waals surface area (Å²) < 4.78 is 29.1. The normalized spacial score (nSPS) is 19.5. The minimum Gasteiger partial charge on any atom is -0.235 e. The minimum absolute atomic E-state index is 0.0563. The summed E-state index contributed by atoms with van der Waals surface area (Å²) in [4.78, 5) is 0. The standard InChI is InChI=1S/C12H18BrN5O2S/c1-18-11(10(13)15-17-18)21(19,20)16-12(9-14)7-5-3-2-4-6-8-12/h16H,2-8H2,1H3. The third-order valence-corrected chi connectivity index (χ3v) is 6.17. The zero-order valence-corrected chi connectivity index (χ0v) is 14.2. The van der Waals surface area contributed by atoms with Crippen molar-refractivity contribution in [2.24, 2.45) is 7.05 Å². The lowest BCUT2D eigenvalue weighted by Gasteiger charge is -2.29. The van der Waals surface area contributed by atoms with Crippen LogP contribution in [0.15, 0.2) is 9.63 Å². The molecule has 1 heterocycles. The van der Waals surface area contributed by atoms with E-state index in [1.54, 1.807) is 0 Å². The zero-order chi connectivity index (χ0) is 15.5. The van der Waals surface area contributed by atoms with Crippen molar-refractivity contribution >= 4 is 26.0 Å². The molecule has 2 rings (SSSR count). The highest BCUT2D eigenvalue weighted by atomic mass is 79.9.